The summed E-state index contributed by atoms with van der Waals surface area (Å²) in [6, 6.07) is 8.04. The molecule has 5 heteroatoms. The number of hydrogen-bond donors (Lipinski definition) is 3. The predicted molar refractivity (Wildman–Crippen MR) is 89.1 cm³/mol. The molecule has 4 N–H and O–H groups in total. The van der Waals surface area contributed by atoms with Crippen LogP contribution >= 0.6 is 0 Å². The van der Waals surface area contributed by atoms with Crippen molar-refractivity contribution in [1.29, 1.82) is 0 Å². The lowest BCUT2D eigenvalue weighted by Gasteiger charge is -2.13. The Morgan fingerprint density at radius 1 is 1.18 bits per heavy atom. The Hall–Kier alpha value is -1.75. The van der Waals surface area contributed by atoms with Gasteiger partial charge in [0.05, 0.1) is 0 Å². The Balaban J connectivity index is 1.66. The largest absolute Gasteiger partial charge is 0.484 e. The highest BCUT2D eigenvalue weighted by Crippen LogP contribution is 2.18. The van der Waals surface area contributed by atoms with E-state index in [0.29, 0.717) is 11.8 Å². The molecule has 0 heterocycles. The van der Waals surface area contributed by atoms with Crippen molar-refractivity contribution in [1.82, 2.24) is 5.32 Å². The topological polar surface area (TPSA) is 76.4 Å². The summed E-state index contributed by atoms with van der Waals surface area (Å²) in [6.07, 6.45) is 6.71. The number of unbranched alkanes of at least 4 members (excludes halogenated alkanes) is 1. The van der Waals surface area contributed by atoms with Crippen molar-refractivity contribution in [2.24, 2.45) is 5.73 Å². The van der Waals surface area contributed by atoms with Crippen molar-refractivity contribution in [3.8, 4) is 5.75 Å². The van der Waals surface area contributed by atoms with Gasteiger partial charge in [0.25, 0.3) is 5.91 Å². The van der Waals surface area contributed by atoms with E-state index in [1.807, 2.05) is 24.3 Å². The second kappa shape index (κ2) is 9.30. The van der Waals surface area contributed by atoms with E-state index in [4.69, 9.17) is 10.5 Å². The molecule has 0 aromatic heterocycles. The Kier molecular flexibility index (Phi) is 7.03. The second-order valence-corrected chi connectivity index (χ2v) is 5.78. The average molecular weight is 305 g/mol. The van der Waals surface area contributed by atoms with Gasteiger partial charge >= 0.3 is 0 Å². The number of amides is 1. The van der Waals surface area contributed by atoms with Crippen LogP contribution in [0.4, 0.5) is 5.69 Å². The summed E-state index contributed by atoms with van der Waals surface area (Å²) >= 11 is 0. The standard InChI is InChI=1S/C17H27N3O2/c18-11-3-4-12-19-14-7-9-16(10-8-14)22-13-17(21)20-15-5-1-2-6-15/h7-10,15,19H,1-6,11-13,18H2,(H,20,21). The lowest BCUT2D eigenvalue weighted by Crippen LogP contribution is -2.36. The van der Waals surface area contributed by atoms with Crippen molar-refractivity contribution in [2.45, 2.75) is 44.6 Å². The third kappa shape index (κ3) is 5.93. The summed E-state index contributed by atoms with van der Waals surface area (Å²) in [5, 5.41) is 6.34. The maximum absolute atomic E-state index is 11.8. The molecular formula is C17H27N3O2. The summed E-state index contributed by atoms with van der Waals surface area (Å²) in [5.41, 5.74) is 6.52. The average Bonchev–Trinajstić information content (AvgIpc) is 3.03. The zero-order valence-electron chi connectivity index (χ0n) is 13.1. The molecule has 0 bridgehead atoms. The van der Waals surface area contributed by atoms with Crippen LogP contribution < -0.4 is 21.1 Å². The van der Waals surface area contributed by atoms with Crippen LogP contribution in [0.5, 0.6) is 5.75 Å². The molecule has 1 saturated carbocycles. The number of rotatable bonds is 9. The van der Waals surface area contributed by atoms with E-state index in [1.54, 1.807) is 0 Å². The lowest BCUT2D eigenvalue weighted by molar-refractivity contribution is -0.123. The van der Waals surface area contributed by atoms with Gasteiger partial charge in [0.15, 0.2) is 6.61 Å². The van der Waals surface area contributed by atoms with Gasteiger partial charge in [-0.05, 0) is 56.5 Å². The molecule has 2 rings (SSSR count). The van der Waals surface area contributed by atoms with E-state index in [2.05, 4.69) is 10.6 Å². The number of nitrogens with two attached hydrogens (primary N) is 1. The summed E-state index contributed by atoms with van der Waals surface area (Å²) in [6.45, 7) is 1.73. The summed E-state index contributed by atoms with van der Waals surface area (Å²) in [4.78, 5) is 11.8. The predicted octanol–water partition coefficient (Wildman–Crippen LogP) is 2.27. The van der Waals surface area contributed by atoms with Crippen LogP contribution in [0.3, 0.4) is 0 Å². The Bertz CT molecular complexity index is 442. The molecule has 5 nitrogen and oxygen atoms in total. The normalized spacial score (nSPS) is 14.8. The highest BCUT2D eigenvalue weighted by Gasteiger charge is 2.17. The SMILES string of the molecule is NCCCCNc1ccc(OCC(=O)NC2CCCC2)cc1. The summed E-state index contributed by atoms with van der Waals surface area (Å²) in [7, 11) is 0. The number of ether oxygens (including phenoxy) is 1. The third-order valence-electron chi connectivity index (χ3n) is 3.90. The first kappa shape index (κ1) is 16.6. The van der Waals surface area contributed by atoms with Crippen molar-refractivity contribution in [3.63, 3.8) is 0 Å². The molecule has 0 aliphatic heterocycles. The first-order valence-electron chi connectivity index (χ1n) is 8.24. The van der Waals surface area contributed by atoms with Gasteiger partial charge in [-0.1, -0.05) is 12.8 Å². The molecule has 0 unspecified atom stereocenters. The highest BCUT2D eigenvalue weighted by atomic mass is 16.5. The Labute approximate surface area is 132 Å². The first-order valence-corrected chi connectivity index (χ1v) is 8.24. The fourth-order valence-corrected chi connectivity index (χ4v) is 2.66. The van der Waals surface area contributed by atoms with E-state index in [1.165, 1.54) is 12.8 Å². The van der Waals surface area contributed by atoms with Crippen LogP contribution in [0.15, 0.2) is 24.3 Å². The van der Waals surface area contributed by atoms with Crippen LogP contribution in [0.1, 0.15) is 38.5 Å². The van der Waals surface area contributed by atoms with Crippen molar-refractivity contribution < 1.29 is 9.53 Å². The van der Waals surface area contributed by atoms with E-state index >= 15 is 0 Å². The molecule has 1 aliphatic rings. The zero-order chi connectivity index (χ0) is 15.6. The Morgan fingerprint density at radius 2 is 1.91 bits per heavy atom. The van der Waals surface area contributed by atoms with Crippen LogP contribution in [0.2, 0.25) is 0 Å². The molecule has 1 aliphatic carbocycles. The fourth-order valence-electron chi connectivity index (χ4n) is 2.66. The first-order chi connectivity index (χ1) is 10.8. The number of benzene rings is 1. The van der Waals surface area contributed by atoms with Crippen LogP contribution in [0, 0.1) is 0 Å². The molecule has 0 saturated heterocycles. The molecule has 1 amide bonds. The van der Waals surface area contributed by atoms with Crippen LogP contribution in [0.25, 0.3) is 0 Å². The maximum Gasteiger partial charge on any atom is 0.258 e. The van der Waals surface area contributed by atoms with Crippen molar-refractivity contribution >= 4 is 11.6 Å². The smallest absolute Gasteiger partial charge is 0.258 e. The second-order valence-electron chi connectivity index (χ2n) is 5.78. The molecule has 122 valence electrons. The summed E-state index contributed by atoms with van der Waals surface area (Å²) < 4.78 is 5.52. The van der Waals surface area contributed by atoms with Gasteiger partial charge in [0.1, 0.15) is 5.75 Å². The molecule has 0 atom stereocenters. The molecule has 0 spiro atoms. The lowest BCUT2D eigenvalue weighted by atomic mass is 10.2. The van der Waals surface area contributed by atoms with E-state index < -0.39 is 0 Å². The molecule has 0 radical (unpaired) electrons. The number of nitrogens with one attached hydrogen (secondary N) is 2. The van der Waals surface area contributed by atoms with E-state index in [0.717, 1.165) is 44.5 Å². The minimum atomic E-state index is -0.0316. The van der Waals surface area contributed by atoms with Gasteiger partial charge in [-0.25, -0.2) is 0 Å². The molecule has 1 fully saturated rings. The van der Waals surface area contributed by atoms with Gasteiger partial charge in [0.2, 0.25) is 0 Å². The van der Waals surface area contributed by atoms with Gasteiger partial charge < -0.3 is 21.1 Å². The Morgan fingerprint density at radius 3 is 2.59 bits per heavy atom. The van der Waals surface area contributed by atoms with Gasteiger partial charge in [-0.2, -0.15) is 0 Å². The van der Waals surface area contributed by atoms with Gasteiger partial charge in [-0.3, -0.25) is 4.79 Å². The number of carbonyl (C=O) groups is 1. The molecule has 1 aromatic rings. The fraction of sp³-hybridized carbons (Fsp3) is 0.588. The minimum Gasteiger partial charge on any atom is -0.484 e. The van der Waals surface area contributed by atoms with Crippen molar-refractivity contribution in [3.05, 3.63) is 24.3 Å². The number of hydrogen-bond acceptors (Lipinski definition) is 4. The molecule has 1 aromatic carbocycles. The van der Waals surface area contributed by atoms with Gasteiger partial charge in [0, 0.05) is 18.3 Å². The minimum absolute atomic E-state index is 0.0316. The van der Waals surface area contributed by atoms with Gasteiger partial charge in [-0.15, -0.1) is 0 Å². The molecule has 22 heavy (non-hydrogen) atoms. The number of carbonyl (C=O) groups excluding carboxylic acids is 1. The maximum atomic E-state index is 11.8. The van der Waals surface area contributed by atoms with Crippen molar-refractivity contribution in [2.75, 3.05) is 25.0 Å². The van der Waals surface area contributed by atoms with Crippen LogP contribution in [-0.4, -0.2) is 31.6 Å². The third-order valence-corrected chi connectivity index (χ3v) is 3.90. The highest BCUT2D eigenvalue weighted by molar-refractivity contribution is 5.77. The van der Waals surface area contributed by atoms with E-state index in [9.17, 15) is 4.79 Å². The molecular weight excluding hydrogens is 278 g/mol. The summed E-state index contributed by atoms with van der Waals surface area (Å²) in [5.74, 6) is 0.685. The quantitative estimate of drug-likeness (QED) is 0.612. The van der Waals surface area contributed by atoms with E-state index in [-0.39, 0.29) is 12.5 Å². The zero-order valence-corrected chi connectivity index (χ0v) is 13.1. The van der Waals surface area contributed by atoms with Crippen LogP contribution in [-0.2, 0) is 4.79 Å². The monoisotopic (exact) mass is 305 g/mol. The number of anilines is 1.